The maximum Gasteiger partial charge on any atom is 0.206 e. The summed E-state index contributed by atoms with van der Waals surface area (Å²) in [6.45, 7) is 9.40. The first kappa shape index (κ1) is 18.0. The highest BCUT2D eigenvalue weighted by Gasteiger charge is 2.23. The minimum absolute atomic E-state index is 0.108. The van der Waals surface area contributed by atoms with E-state index < -0.39 is 0 Å². The van der Waals surface area contributed by atoms with Crippen molar-refractivity contribution < 1.29 is 9.63 Å². The summed E-state index contributed by atoms with van der Waals surface area (Å²) in [5.74, 6) is 2.27. The number of aliphatic hydroxyl groups is 1. The summed E-state index contributed by atoms with van der Waals surface area (Å²) in [7, 11) is 0. The molecule has 1 saturated heterocycles. The minimum atomic E-state index is 0.108. The summed E-state index contributed by atoms with van der Waals surface area (Å²) in [5, 5.41) is 13.6. The molecular formula is C20H27N5O2. The summed E-state index contributed by atoms with van der Waals surface area (Å²) in [4.78, 5) is 9.52. The highest BCUT2D eigenvalue weighted by molar-refractivity contribution is 5.78. The van der Waals surface area contributed by atoms with Crippen LogP contribution in [0.5, 0.6) is 0 Å². The highest BCUT2D eigenvalue weighted by Crippen LogP contribution is 2.24. The average Bonchev–Trinajstić information content (AvgIpc) is 3.28. The van der Waals surface area contributed by atoms with Crippen molar-refractivity contribution in [3.05, 3.63) is 41.8 Å². The molecule has 0 atom stereocenters. The molecule has 0 amide bonds. The molecule has 1 aliphatic heterocycles. The van der Waals surface area contributed by atoms with Crippen molar-refractivity contribution >= 4 is 17.0 Å². The number of anilines is 1. The van der Waals surface area contributed by atoms with Crippen LogP contribution in [0.15, 0.2) is 34.9 Å². The number of aliphatic hydroxyl groups excluding tert-OH is 1. The molecule has 4 rings (SSSR count). The van der Waals surface area contributed by atoms with Crippen LogP contribution in [0.4, 0.5) is 5.95 Å². The number of rotatable bonds is 6. The normalized spacial score (nSPS) is 15.9. The van der Waals surface area contributed by atoms with Gasteiger partial charge >= 0.3 is 0 Å². The van der Waals surface area contributed by atoms with Gasteiger partial charge < -0.3 is 19.1 Å². The molecule has 1 N–H and O–H groups in total. The lowest BCUT2D eigenvalue weighted by Crippen LogP contribution is -2.46. The first-order chi connectivity index (χ1) is 13.2. The molecular weight excluding hydrogens is 342 g/mol. The van der Waals surface area contributed by atoms with Crippen molar-refractivity contribution in [1.29, 1.82) is 0 Å². The fraction of sp³-hybridized carbons (Fsp3) is 0.500. The molecule has 3 heterocycles. The number of para-hydroxylation sites is 2. The van der Waals surface area contributed by atoms with E-state index in [0.717, 1.165) is 61.2 Å². The van der Waals surface area contributed by atoms with Crippen LogP contribution >= 0.6 is 0 Å². The quantitative estimate of drug-likeness (QED) is 0.720. The van der Waals surface area contributed by atoms with Gasteiger partial charge in [0.25, 0.3) is 0 Å². The van der Waals surface area contributed by atoms with Gasteiger partial charge in [-0.3, -0.25) is 4.90 Å². The second-order valence-corrected chi connectivity index (χ2v) is 7.41. The molecule has 0 radical (unpaired) electrons. The number of imidazole rings is 1. The predicted octanol–water partition coefficient (Wildman–Crippen LogP) is 2.46. The second-order valence-electron chi connectivity index (χ2n) is 7.41. The van der Waals surface area contributed by atoms with Gasteiger partial charge in [-0.25, -0.2) is 4.98 Å². The van der Waals surface area contributed by atoms with E-state index in [-0.39, 0.29) is 6.61 Å². The van der Waals surface area contributed by atoms with Crippen molar-refractivity contribution in [2.75, 3.05) is 37.7 Å². The van der Waals surface area contributed by atoms with Crippen LogP contribution < -0.4 is 4.90 Å². The first-order valence-electron chi connectivity index (χ1n) is 9.64. The Bertz CT molecular complexity index is 893. The van der Waals surface area contributed by atoms with Crippen LogP contribution in [0.1, 0.15) is 31.2 Å². The zero-order valence-corrected chi connectivity index (χ0v) is 16.0. The summed E-state index contributed by atoms with van der Waals surface area (Å²) in [6, 6.07) is 10.2. The Balaban J connectivity index is 1.44. The molecule has 0 aliphatic carbocycles. The van der Waals surface area contributed by atoms with E-state index in [1.807, 2.05) is 18.2 Å². The number of benzene rings is 1. The minimum Gasteiger partial charge on any atom is -0.395 e. The van der Waals surface area contributed by atoms with Gasteiger partial charge in [0.1, 0.15) is 0 Å². The van der Waals surface area contributed by atoms with Gasteiger partial charge in [0.05, 0.1) is 29.9 Å². The maximum absolute atomic E-state index is 9.48. The molecule has 27 heavy (non-hydrogen) atoms. The van der Waals surface area contributed by atoms with Gasteiger partial charge in [-0.15, -0.1) is 0 Å². The Hall–Kier alpha value is -2.38. The number of fused-ring (bicyclic) bond motifs is 1. The molecule has 0 spiro atoms. The van der Waals surface area contributed by atoms with Crippen molar-refractivity contribution in [2.45, 2.75) is 32.9 Å². The smallest absolute Gasteiger partial charge is 0.206 e. The Labute approximate surface area is 159 Å². The zero-order valence-electron chi connectivity index (χ0n) is 16.0. The molecule has 1 aliphatic rings. The van der Waals surface area contributed by atoms with E-state index in [4.69, 9.17) is 9.51 Å². The lowest BCUT2D eigenvalue weighted by molar-refractivity contribution is 0.217. The lowest BCUT2D eigenvalue weighted by atomic mass is 10.1. The number of aromatic nitrogens is 3. The molecule has 1 aromatic carbocycles. The first-order valence-corrected chi connectivity index (χ1v) is 9.64. The zero-order chi connectivity index (χ0) is 18.8. The summed E-state index contributed by atoms with van der Waals surface area (Å²) < 4.78 is 7.60. The Morgan fingerprint density at radius 2 is 1.93 bits per heavy atom. The standard InChI is InChI=1S/C20H27N5O2/c1-15(2)18-13-16(27-22-18)14-23-7-9-24(10-8-23)20-21-17-5-3-4-6-19(17)25(20)11-12-26/h3-6,13,15,26H,7-12,14H2,1-2H3. The topological polar surface area (TPSA) is 70.6 Å². The summed E-state index contributed by atoms with van der Waals surface area (Å²) >= 11 is 0. The van der Waals surface area contributed by atoms with Crippen molar-refractivity contribution in [2.24, 2.45) is 0 Å². The van der Waals surface area contributed by atoms with Gasteiger partial charge in [0, 0.05) is 38.8 Å². The Kier molecular flexibility index (Phi) is 5.13. The SMILES string of the molecule is CC(C)c1cc(CN2CCN(c3nc4ccccc4n3CCO)CC2)on1. The van der Waals surface area contributed by atoms with E-state index in [0.29, 0.717) is 12.5 Å². The lowest BCUT2D eigenvalue weighted by Gasteiger charge is -2.35. The van der Waals surface area contributed by atoms with E-state index in [1.54, 1.807) is 0 Å². The van der Waals surface area contributed by atoms with Gasteiger partial charge in [-0.1, -0.05) is 31.1 Å². The highest BCUT2D eigenvalue weighted by atomic mass is 16.5. The van der Waals surface area contributed by atoms with Crippen LogP contribution in [0.2, 0.25) is 0 Å². The van der Waals surface area contributed by atoms with E-state index in [1.165, 1.54) is 0 Å². The molecule has 7 heteroatoms. The van der Waals surface area contributed by atoms with E-state index in [2.05, 4.69) is 45.5 Å². The molecule has 0 saturated carbocycles. The van der Waals surface area contributed by atoms with Gasteiger partial charge in [0.2, 0.25) is 5.95 Å². The van der Waals surface area contributed by atoms with Gasteiger partial charge in [-0.05, 0) is 18.1 Å². The number of nitrogens with zero attached hydrogens (tertiary/aromatic N) is 5. The maximum atomic E-state index is 9.48. The van der Waals surface area contributed by atoms with Crippen molar-refractivity contribution in [1.82, 2.24) is 19.6 Å². The second kappa shape index (κ2) is 7.70. The van der Waals surface area contributed by atoms with Crippen LogP contribution in [-0.4, -0.2) is 57.5 Å². The summed E-state index contributed by atoms with van der Waals surface area (Å²) in [5.41, 5.74) is 3.07. The van der Waals surface area contributed by atoms with Gasteiger partial charge in [-0.2, -0.15) is 0 Å². The third kappa shape index (κ3) is 3.70. The third-order valence-corrected chi connectivity index (χ3v) is 5.16. The van der Waals surface area contributed by atoms with E-state index >= 15 is 0 Å². The molecule has 7 nitrogen and oxygen atoms in total. The average molecular weight is 369 g/mol. The van der Waals surface area contributed by atoms with Crippen LogP contribution in [0.25, 0.3) is 11.0 Å². The fourth-order valence-corrected chi connectivity index (χ4v) is 3.63. The van der Waals surface area contributed by atoms with Crippen molar-refractivity contribution in [3.8, 4) is 0 Å². The molecule has 144 valence electrons. The monoisotopic (exact) mass is 369 g/mol. The molecule has 3 aromatic rings. The molecule has 1 fully saturated rings. The Morgan fingerprint density at radius 3 is 2.63 bits per heavy atom. The van der Waals surface area contributed by atoms with Crippen LogP contribution in [0, 0.1) is 0 Å². The van der Waals surface area contributed by atoms with E-state index in [9.17, 15) is 5.11 Å². The summed E-state index contributed by atoms with van der Waals surface area (Å²) in [6.07, 6.45) is 0. The van der Waals surface area contributed by atoms with Gasteiger partial charge in [0.15, 0.2) is 5.76 Å². The van der Waals surface area contributed by atoms with Crippen LogP contribution in [0.3, 0.4) is 0 Å². The third-order valence-electron chi connectivity index (χ3n) is 5.16. The number of hydrogen-bond donors (Lipinski definition) is 1. The fourth-order valence-electron chi connectivity index (χ4n) is 3.63. The predicted molar refractivity (Wildman–Crippen MR) is 105 cm³/mol. The largest absolute Gasteiger partial charge is 0.395 e. The van der Waals surface area contributed by atoms with Crippen molar-refractivity contribution in [3.63, 3.8) is 0 Å². The van der Waals surface area contributed by atoms with Crippen LogP contribution in [-0.2, 0) is 13.1 Å². The molecule has 0 bridgehead atoms. The number of hydrogen-bond acceptors (Lipinski definition) is 6. The molecule has 0 unspecified atom stereocenters. The Morgan fingerprint density at radius 1 is 1.15 bits per heavy atom. The number of piperazine rings is 1. The molecule has 2 aromatic heterocycles.